The molecule has 2 amide bonds. The lowest BCUT2D eigenvalue weighted by Gasteiger charge is -2.31. The minimum atomic E-state index is -1.20. The molecule has 0 radical (unpaired) electrons. The van der Waals surface area contributed by atoms with E-state index < -0.39 is 11.8 Å². The van der Waals surface area contributed by atoms with Crippen molar-refractivity contribution in [2.45, 2.75) is 12.8 Å². The number of rotatable bonds is 4. The minimum absolute atomic E-state index is 0.0672. The van der Waals surface area contributed by atoms with Gasteiger partial charge in [-0.2, -0.15) is 0 Å². The van der Waals surface area contributed by atoms with E-state index in [1.54, 1.807) is 11.0 Å². The second kappa shape index (κ2) is 7.94. The summed E-state index contributed by atoms with van der Waals surface area (Å²) >= 11 is 0. The van der Waals surface area contributed by atoms with Crippen molar-refractivity contribution >= 4 is 23.5 Å². The lowest BCUT2D eigenvalue weighted by molar-refractivity contribution is -0.121. The van der Waals surface area contributed by atoms with Crippen LogP contribution in [0.4, 0.5) is 10.1 Å². The van der Waals surface area contributed by atoms with Crippen LogP contribution in [0.1, 0.15) is 33.8 Å². The number of carbonyl (C=O) groups excluding carboxylic acids is 2. The Morgan fingerprint density at radius 3 is 2.41 bits per heavy atom. The first-order chi connectivity index (χ1) is 12.9. The molecular formula is C19H18FN3O4. The molecule has 140 valence electrons. The van der Waals surface area contributed by atoms with Gasteiger partial charge in [-0.05, 0) is 43.2 Å². The normalized spacial score (nSPS) is 14.6. The number of pyridine rings is 1. The first-order valence-electron chi connectivity index (χ1n) is 8.50. The molecule has 1 aromatic carbocycles. The number of amides is 2. The Labute approximate surface area is 154 Å². The average molecular weight is 371 g/mol. The van der Waals surface area contributed by atoms with Crippen molar-refractivity contribution in [2.75, 3.05) is 18.4 Å². The summed E-state index contributed by atoms with van der Waals surface area (Å²) in [6, 6.07) is 9.94. The number of hydrogen-bond donors (Lipinski definition) is 2. The van der Waals surface area contributed by atoms with Crippen LogP contribution in [0.15, 0.2) is 42.5 Å². The van der Waals surface area contributed by atoms with Crippen molar-refractivity contribution in [1.29, 1.82) is 0 Å². The van der Waals surface area contributed by atoms with Gasteiger partial charge in [0, 0.05) is 24.7 Å². The molecule has 2 heterocycles. The number of hydrogen-bond acceptors (Lipinski definition) is 4. The van der Waals surface area contributed by atoms with Crippen LogP contribution in [0.25, 0.3) is 0 Å². The topological polar surface area (TPSA) is 99.6 Å². The monoisotopic (exact) mass is 371 g/mol. The van der Waals surface area contributed by atoms with E-state index in [1.165, 1.54) is 36.4 Å². The molecule has 0 saturated carbocycles. The first kappa shape index (κ1) is 18.5. The highest BCUT2D eigenvalue weighted by Crippen LogP contribution is 2.21. The van der Waals surface area contributed by atoms with Crippen LogP contribution in [-0.2, 0) is 4.79 Å². The second-order valence-electron chi connectivity index (χ2n) is 6.28. The maximum absolute atomic E-state index is 13.2. The maximum Gasteiger partial charge on any atom is 0.354 e. The van der Waals surface area contributed by atoms with E-state index in [0.29, 0.717) is 31.6 Å². The van der Waals surface area contributed by atoms with Crippen LogP contribution in [0, 0.1) is 11.7 Å². The Kier molecular flexibility index (Phi) is 5.44. The molecule has 1 aliphatic heterocycles. The molecule has 1 saturated heterocycles. The van der Waals surface area contributed by atoms with E-state index in [1.807, 2.05) is 0 Å². The number of likely N-dealkylation sites (tertiary alicyclic amines) is 1. The molecule has 0 spiro atoms. The van der Waals surface area contributed by atoms with Crippen molar-refractivity contribution in [3.63, 3.8) is 0 Å². The van der Waals surface area contributed by atoms with Gasteiger partial charge in [0.2, 0.25) is 5.91 Å². The lowest BCUT2D eigenvalue weighted by atomic mass is 9.95. The van der Waals surface area contributed by atoms with Gasteiger partial charge in [0.15, 0.2) is 0 Å². The Bertz CT molecular complexity index is 879. The molecule has 0 bridgehead atoms. The van der Waals surface area contributed by atoms with Crippen molar-refractivity contribution < 1.29 is 23.9 Å². The third kappa shape index (κ3) is 4.46. The van der Waals surface area contributed by atoms with Gasteiger partial charge in [-0.25, -0.2) is 14.2 Å². The summed E-state index contributed by atoms with van der Waals surface area (Å²) in [6.07, 6.45) is 0.928. The fourth-order valence-electron chi connectivity index (χ4n) is 2.99. The SMILES string of the molecule is O=C(O)c1cccc(C(=O)N2CCC(C(=O)Nc3cccc(F)c3)CC2)n1. The van der Waals surface area contributed by atoms with Gasteiger partial charge in [-0.3, -0.25) is 9.59 Å². The number of piperidine rings is 1. The first-order valence-corrected chi connectivity index (χ1v) is 8.50. The molecule has 8 heteroatoms. The molecule has 27 heavy (non-hydrogen) atoms. The zero-order valence-electron chi connectivity index (χ0n) is 14.4. The van der Waals surface area contributed by atoms with Crippen LogP contribution in [0.3, 0.4) is 0 Å². The molecule has 0 atom stereocenters. The van der Waals surface area contributed by atoms with E-state index in [4.69, 9.17) is 5.11 Å². The third-order valence-electron chi connectivity index (χ3n) is 4.43. The summed E-state index contributed by atoms with van der Waals surface area (Å²) in [5.41, 5.74) is 0.274. The predicted octanol–water partition coefficient (Wildman–Crippen LogP) is 2.41. The summed E-state index contributed by atoms with van der Waals surface area (Å²) in [4.78, 5) is 41.2. The molecule has 1 aliphatic rings. The Hall–Kier alpha value is -3.29. The Balaban J connectivity index is 1.58. The van der Waals surface area contributed by atoms with Gasteiger partial charge in [0.1, 0.15) is 17.2 Å². The number of aromatic carboxylic acids is 1. The number of carboxylic acids is 1. The van der Waals surface area contributed by atoms with Gasteiger partial charge in [0.25, 0.3) is 5.91 Å². The standard InChI is InChI=1S/C19H18FN3O4/c20-13-3-1-4-14(11-13)21-17(24)12-7-9-23(10-8-12)18(25)15-5-2-6-16(22-15)19(26)27/h1-6,11-12H,7-10H2,(H,21,24)(H,26,27). The number of carboxylic acid groups (broad SMARTS) is 1. The number of nitrogens with one attached hydrogen (secondary N) is 1. The van der Waals surface area contributed by atoms with Gasteiger partial charge in [-0.1, -0.05) is 12.1 Å². The fourth-order valence-corrected chi connectivity index (χ4v) is 2.99. The summed E-state index contributed by atoms with van der Waals surface area (Å²) in [5.74, 6) is -2.47. The van der Waals surface area contributed by atoms with Crippen LogP contribution in [-0.4, -0.2) is 45.9 Å². The van der Waals surface area contributed by atoms with E-state index in [9.17, 15) is 18.8 Å². The summed E-state index contributed by atoms with van der Waals surface area (Å²) in [6.45, 7) is 0.720. The van der Waals surface area contributed by atoms with Crippen molar-refractivity contribution in [3.05, 3.63) is 59.7 Å². The number of anilines is 1. The number of benzene rings is 1. The quantitative estimate of drug-likeness (QED) is 0.860. The highest BCUT2D eigenvalue weighted by atomic mass is 19.1. The van der Waals surface area contributed by atoms with Crippen molar-refractivity contribution in [3.8, 4) is 0 Å². The molecule has 1 fully saturated rings. The molecule has 3 rings (SSSR count). The largest absolute Gasteiger partial charge is 0.477 e. The van der Waals surface area contributed by atoms with E-state index in [0.717, 1.165) is 0 Å². The van der Waals surface area contributed by atoms with Crippen molar-refractivity contribution in [2.24, 2.45) is 5.92 Å². The zero-order chi connectivity index (χ0) is 19.4. The minimum Gasteiger partial charge on any atom is -0.477 e. The number of halogens is 1. The highest BCUT2D eigenvalue weighted by molar-refractivity contribution is 5.95. The number of aromatic nitrogens is 1. The molecule has 1 aromatic heterocycles. The fraction of sp³-hybridized carbons (Fsp3) is 0.263. The van der Waals surface area contributed by atoms with Crippen molar-refractivity contribution in [1.82, 2.24) is 9.88 Å². The summed E-state index contributed by atoms with van der Waals surface area (Å²) < 4.78 is 13.2. The summed E-state index contributed by atoms with van der Waals surface area (Å²) in [7, 11) is 0. The number of carbonyl (C=O) groups is 3. The second-order valence-corrected chi connectivity index (χ2v) is 6.28. The molecule has 2 aromatic rings. The third-order valence-corrected chi connectivity index (χ3v) is 4.43. The molecular weight excluding hydrogens is 353 g/mol. The molecule has 7 nitrogen and oxygen atoms in total. The van der Waals surface area contributed by atoms with Gasteiger partial charge >= 0.3 is 5.97 Å². The molecule has 0 aliphatic carbocycles. The van der Waals surface area contributed by atoms with E-state index >= 15 is 0 Å². The molecule has 0 unspecified atom stereocenters. The Morgan fingerprint density at radius 1 is 1.07 bits per heavy atom. The average Bonchev–Trinajstić information content (AvgIpc) is 2.67. The van der Waals surface area contributed by atoms with Crippen LogP contribution in [0.2, 0.25) is 0 Å². The van der Waals surface area contributed by atoms with Gasteiger partial charge in [0.05, 0.1) is 0 Å². The van der Waals surface area contributed by atoms with E-state index in [-0.39, 0.29) is 29.1 Å². The van der Waals surface area contributed by atoms with Crippen LogP contribution in [0.5, 0.6) is 0 Å². The summed E-state index contributed by atoms with van der Waals surface area (Å²) in [5, 5.41) is 11.7. The predicted molar refractivity (Wildman–Crippen MR) is 94.9 cm³/mol. The highest BCUT2D eigenvalue weighted by Gasteiger charge is 2.28. The lowest BCUT2D eigenvalue weighted by Crippen LogP contribution is -2.41. The van der Waals surface area contributed by atoms with Crippen LogP contribution >= 0.6 is 0 Å². The Morgan fingerprint density at radius 2 is 1.74 bits per heavy atom. The van der Waals surface area contributed by atoms with E-state index in [2.05, 4.69) is 10.3 Å². The molecule has 2 N–H and O–H groups in total. The van der Waals surface area contributed by atoms with Crippen LogP contribution < -0.4 is 5.32 Å². The number of nitrogens with zero attached hydrogens (tertiary/aromatic N) is 2. The maximum atomic E-state index is 13.2. The van der Waals surface area contributed by atoms with Gasteiger partial charge in [-0.15, -0.1) is 0 Å². The smallest absolute Gasteiger partial charge is 0.354 e. The zero-order valence-corrected chi connectivity index (χ0v) is 14.4. The van der Waals surface area contributed by atoms with Gasteiger partial charge < -0.3 is 15.3 Å².